The molecule has 7 heteroatoms. The Morgan fingerprint density at radius 2 is 2.00 bits per heavy atom. The van der Waals surface area contributed by atoms with Gasteiger partial charge in [-0.1, -0.05) is 5.21 Å². The molecule has 0 saturated carbocycles. The quantitative estimate of drug-likeness (QED) is 0.780. The van der Waals surface area contributed by atoms with Crippen LogP contribution in [0.25, 0.3) is 0 Å². The van der Waals surface area contributed by atoms with E-state index in [0.29, 0.717) is 12.6 Å². The normalized spacial score (nSPS) is 21.4. The molecular formula is C16H27N5O2. The van der Waals surface area contributed by atoms with Gasteiger partial charge in [0.2, 0.25) is 5.91 Å². The van der Waals surface area contributed by atoms with Crippen molar-refractivity contribution >= 4 is 5.91 Å². The summed E-state index contributed by atoms with van der Waals surface area (Å²) in [6.45, 7) is 5.36. The predicted octanol–water partition coefficient (Wildman–Crippen LogP) is 0.675. The van der Waals surface area contributed by atoms with Crippen LogP contribution in [0.4, 0.5) is 0 Å². The minimum atomic E-state index is 0.178. The SMILES string of the molecule is O=C(NCCCn1ccnn1)C1CCN(C2CCOCC2)CC1. The zero-order valence-electron chi connectivity index (χ0n) is 13.7. The third-order valence-electron chi connectivity index (χ3n) is 4.94. The maximum absolute atomic E-state index is 12.3. The molecule has 2 aliphatic heterocycles. The van der Waals surface area contributed by atoms with E-state index in [9.17, 15) is 4.79 Å². The van der Waals surface area contributed by atoms with E-state index in [1.54, 1.807) is 10.9 Å². The smallest absolute Gasteiger partial charge is 0.223 e. The Bertz CT molecular complexity index is 465. The van der Waals surface area contributed by atoms with Gasteiger partial charge in [0.15, 0.2) is 0 Å². The summed E-state index contributed by atoms with van der Waals surface area (Å²) < 4.78 is 7.22. The molecule has 0 aliphatic carbocycles. The van der Waals surface area contributed by atoms with Crippen LogP contribution in [-0.2, 0) is 16.1 Å². The van der Waals surface area contributed by atoms with Gasteiger partial charge >= 0.3 is 0 Å². The summed E-state index contributed by atoms with van der Waals surface area (Å²) in [6.07, 6.45) is 8.63. The monoisotopic (exact) mass is 321 g/mol. The highest BCUT2D eigenvalue weighted by Gasteiger charge is 2.29. The van der Waals surface area contributed by atoms with Crippen molar-refractivity contribution in [2.45, 2.75) is 44.7 Å². The van der Waals surface area contributed by atoms with E-state index in [-0.39, 0.29) is 11.8 Å². The highest BCUT2D eigenvalue weighted by Crippen LogP contribution is 2.23. The van der Waals surface area contributed by atoms with Crippen LogP contribution in [0.3, 0.4) is 0 Å². The highest BCUT2D eigenvalue weighted by molar-refractivity contribution is 5.78. The Morgan fingerprint density at radius 3 is 2.70 bits per heavy atom. The van der Waals surface area contributed by atoms with E-state index in [4.69, 9.17) is 4.74 Å². The summed E-state index contributed by atoms with van der Waals surface area (Å²) in [5.41, 5.74) is 0. The molecule has 1 amide bonds. The second-order valence-corrected chi connectivity index (χ2v) is 6.46. The molecule has 0 aromatic carbocycles. The van der Waals surface area contributed by atoms with Crippen molar-refractivity contribution in [2.75, 3.05) is 32.8 Å². The molecule has 0 atom stereocenters. The van der Waals surface area contributed by atoms with Gasteiger partial charge in [0.05, 0.1) is 6.20 Å². The van der Waals surface area contributed by atoms with Crippen LogP contribution < -0.4 is 5.32 Å². The number of piperidine rings is 1. The van der Waals surface area contributed by atoms with Crippen LogP contribution >= 0.6 is 0 Å². The van der Waals surface area contributed by atoms with E-state index in [0.717, 1.165) is 65.0 Å². The van der Waals surface area contributed by atoms with E-state index < -0.39 is 0 Å². The van der Waals surface area contributed by atoms with Gasteiger partial charge in [-0.2, -0.15) is 0 Å². The number of hydrogen-bond donors (Lipinski definition) is 1. The van der Waals surface area contributed by atoms with Gasteiger partial charge in [-0.05, 0) is 45.2 Å². The molecule has 0 unspecified atom stereocenters. The first-order valence-electron chi connectivity index (χ1n) is 8.76. The van der Waals surface area contributed by atoms with Gasteiger partial charge in [-0.3, -0.25) is 9.48 Å². The summed E-state index contributed by atoms with van der Waals surface area (Å²) in [5.74, 6) is 0.396. The van der Waals surface area contributed by atoms with E-state index >= 15 is 0 Å². The summed E-state index contributed by atoms with van der Waals surface area (Å²) in [6, 6.07) is 0.662. The van der Waals surface area contributed by atoms with Crippen molar-refractivity contribution in [1.29, 1.82) is 0 Å². The number of hydrogen-bond acceptors (Lipinski definition) is 5. The molecule has 1 N–H and O–H groups in total. The number of ether oxygens (including phenoxy) is 1. The average Bonchev–Trinajstić information content (AvgIpc) is 3.13. The van der Waals surface area contributed by atoms with Crippen molar-refractivity contribution in [2.24, 2.45) is 5.92 Å². The highest BCUT2D eigenvalue weighted by atomic mass is 16.5. The molecule has 128 valence electrons. The molecule has 7 nitrogen and oxygen atoms in total. The number of nitrogens with zero attached hydrogens (tertiary/aromatic N) is 4. The topological polar surface area (TPSA) is 72.3 Å². The van der Waals surface area contributed by atoms with E-state index in [1.165, 1.54) is 0 Å². The van der Waals surface area contributed by atoms with Crippen molar-refractivity contribution in [1.82, 2.24) is 25.2 Å². The first-order chi connectivity index (χ1) is 11.3. The van der Waals surface area contributed by atoms with Crippen LogP contribution in [0.1, 0.15) is 32.1 Å². The van der Waals surface area contributed by atoms with Gasteiger partial charge in [0, 0.05) is 44.5 Å². The van der Waals surface area contributed by atoms with Crippen LogP contribution in [0, 0.1) is 5.92 Å². The number of nitrogens with one attached hydrogen (secondary N) is 1. The Hall–Kier alpha value is -1.47. The number of amides is 1. The summed E-state index contributed by atoms with van der Waals surface area (Å²) >= 11 is 0. The number of likely N-dealkylation sites (tertiary alicyclic amines) is 1. The Morgan fingerprint density at radius 1 is 1.22 bits per heavy atom. The molecule has 1 aromatic rings. The lowest BCUT2D eigenvalue weighted by Gasteiger charge is -2.38. The standard InChI is InChI=1S/C16H27N5O2/c22-16(17-6-1-8-21-11-7-18-19-21)14-2-9-20(10-3-14)15-4-12-23-13-5-15/h7,11,14-15H,1-6,8-10,12-13H2,(H,17,22). The van der Waals surface area contributed by atoms with Gasteiger partial charge < -0.3 is 15.0 Å². The predicted molar refractivity (Wildman–Crippen MR) is 85.8 cm³/mol. The number of carbonyl (C=O) groups excluding carboxylic acids is 1. The van der Waals surface area contributed by atoms with Crippen LogP contribution in [-0.4, -0.2) is 64.7 Å². The van der Waals surface area contributed by atoms with Gasteiger partial charge in [-0.25, -0.2) is 0 Å². The Labute approximate surface area is 137 Å². The average molecular weight is 321 g/mol. The molecule has 3 heterocycles. The summed E-state index contributed by atoms with van der Waals surface area (Å²) in [5, 5.41) is 10.8. The molecule has 0 bridgehead atoms. The lowest BCUT2D eigenvalue weighted by molar-refractivity contribution is -0.126. The lowest BCUT2D eigenvalue weighted by Crippen LogP contribution is -2.46. The fraction of sp³-hybridized carbons (Fsp3) is 0.812. The van der Waals surface area contributed by atoms with E-state index in [2.05, 4.69) is 20.5 Å². The van der Waals surface area contributed by atoms with Crippen molar-refractivity contribution < 1.29 is 9.53 Å². The molecule has 2 saturated heterocycles. The number of aromatic nitrogens is 3. The zero-order valence-corrected chi connectivity index (χ0v) is 13.7. The van der Waals surface area contributed by atoms with Crippen molar-refractivity contribution in [3.8, 4) is 0 Å². The van der Waals surface area contributed by atoms with E-state index in [1.807, 2.05) is 6.20 Å². The fourth-order valence-corrected chi connectivity index (χ4v) is 3.53. The third-order valence-corrected chi connectivity index (χ3v) is 4.94. The van der Waals surface area contributed by atoms with Gasteiger partial charge in [0.1, 0.15) is 0 Å². The molecule has 2 fully saturated rings. The van der Waals surface area contributed by atoms with Crippen LogP contribution in [0.15, 0.2) is 12.4 Å². The van der Waals surface area contributed by atoms with Gasteiger partial charge in [-0.15, -0.1) is 5.10 Å². The molecule has 23 heavy (non-hydrogen) atoms. The Balaban J connectivity index is 1.31. The first-order valence-corrected chi connectivity index (χ1v) is 8.76. The molecular weight excluding hydrogens is 294 g/mol. The van der Waals surface area contributed by atoms with Crippen LogP contribution in [0.2, 0.25) is 0 Å². The van der Waals surface area contributed by atoms with Gasteiger partial charge in [0.25, 0.3) is 0 Å². The van der Waals surface area contributed by atoms with Crippen LogP contribution in [0.5, 0.6) is 0 Å². The number of rotatable bonds is 6. The largest absolute Gasteiger partial charge is 0.381 e. The maximum atomic E-state index is 12.3. The molecule has 0 spiro atoms. The minimum Gasteiger partial charge on any atom is -0.381 e. The lowest BCUT2D eigenvalue weighted by atomic mass is 9.93. The molecule has 1 aromatic heterocycles. The zero-order chi connectivity index (χ0) is 15.9. The second kappa shape index (κ2) is 8.40. The molecule has 2 aliphatic rings. The Kier molecular flexibility index (Phi) is 5.99. The third kappa shape index (κ3) is 4.75. The molecule has 3 rings (SSSR count). The maximum Gasteiger partial charge on any atom is 0.223 e. The number of carbonyl (C=O) groups is 1. The minimum absolute atomic E-state index is 0.178. The van der Waals surface area contributed by atoms with Crippen molar-refractivity contribution in [3.63, 3.8) is 0 Å². The first kappa shape index (κ1) is 16.4. The fourth-order valence-electron chi connectivity index (χ4n) is 3.53. The molecule has 0 radical (unpaired) electrons. The van der Waals surface area contributed by atoms with Crippen molar-refractivity contribution in [3.05, 3.63) is 12.4 Å². The second-order valence-electron chi connectivity index (χ2n) is 6.46. The summed E-state index contributed by atoms with van der Waals surface area (Å²) in [7, 11) is 0. The number of aryl methyl sites for hydroxylation is 1. The summed E-state index contributed by atoms with van der Waals surface area (Å²) in [4.78, 5) is 14.8.